The molecule has 0 aromatic carbocycles. The Bertz CT molecular complexity index is 323. The molecule has 1 N–H and O–H groups in total. The van der Waals surface area contributed by atoms with Gasteiger partial charge in [-0.2, -0.15) is 11.3 Å². The molecule has 1 aromatic rings. The fourth-order valence-electron chi connectivity index (χ4n) is 2.90. The topological polar surface area (TPSA) is 23.5 Å². The van der Waals surface area contributed by atoms with E-state index in [1.165, 1.54) is 37.8 Å². The minimum atomic E-state index is -0.170. The molecule has 0 bridgehead atoms. The van der Waals surface area contributed by atoms with E-state index in [2.05, 4.69) is 21.7 Å². The lowest BCUT2D eigenvalue weighted by Gasteiger charge is -2.30. The van der Waals surface area contributed by atoms with Crippen LogP contribution in [0.4, 0.5) is 0 Å². The molecule has 1 aromatic heterocycles. The van der Waals surface area contributed by atoms with E-state index >= 15 is 0 Å². The molecule has 0 radical (unpaired) electrons. The Hall–Kier alpha value is -0.380. The van der Waals surface area contributed by atoms with Crippen LogP contribution in [0.2, 0.25) is 0 Å². The minimum absolute atomic E-state index is 0.170. The molecule has 2 nitrogen and oxygen atoms in total. The molecular formula is C15H25NOS. The number of aliphatic hydroxyl groups excluding tert-OH is 1. The highest BCUT2D eigenvalue weighted by atomic mass is 32.1. The van der Waals surface area contributed by atoms with E-state index in [0.717, 1.165) is 19.4 Å². The average Bonchev–Trinajstić information content (AvgIpc) is 2.75. The van der Waals surface area contributed by atoms with Crippen molar-refractivity contribution in [3.63, 3.8) is 0 Å². The van der Waals surface area contributed by atoms with E-state index < -0.39 is 0 Å². The van der Waals surface area contributed by atoms with Gasteiger partial charge in [0.2, 0.25) is 0 Å². The van der Waals surface area contributed by atoms with E-state index in [1.54, 1.807) is 11.3 Å². The molecule has 0 amide bonds. The predicted molar refractivity (Wildman–Crippen MR) is 78.1 cm³/mol. The summed E-state index contributed by atoms with van der Waals surface area (Å²) in [6.45, 7) is 4.28. The van der Waals surface area contributed by atoms with Gasteiger partial charge in [0.1, 0.15) is 0 Å². The zero-order valence-corrected chi connectivity index (χ0v) is 12.2. The second-order valence-corrected chi connectivity index (χ2v) is 6.29. The smallest absolute Gasteiger partial charge is 0.0527 e. The summed E-state index contributed by atoms with van der Waals surface area (Å²) >= 11 is 1.78. The molecule has 1 saturated heterocycles. The fraction of sp³-hybridized carbons (Fsp3) is 0.733. The molecule has 2 heterocycles. The number of hydrogen-bond donors (Lipinski definition) is 1. The third-order valence-electron chi connectivity index (χ3n) is 3.88. The highest BCUT2D eigenvalue weighted by molar-refractivity contribution is 7.07. The first-order valence-corrected chi connectivity index (χ1v) is 8.13. The second kappa shape index (κ2) is 7.27. The van der Waals surface area contributed by atoms with Gasteiger partial charge in [-0.25, -0.2) is 0 Å². The number of likely N-dealkylation sites (tertiary alicyclic amines) is 1. The number of aliphatic hydroxyl groups is 1. The molecule has 0 aliphatic carbocycles. The zero-order valence-electron chi connectivity index (χ0n) is 11.3. The molecule has 102 valence electrons. The van der Waals surface area contributed by atoms with Crippen molar-refractivity contribution >= 4 is 11.3 Å². The van der Waals surface area contributed by atoms with Crippen molar-refractivity contribution in [2.75, 3.05) is 13.1 Å². The quantitative estimate of drug-likeness (QED) is 0.885. The average molecular weight is 267 g/mol. The van der Waals surface area contributed by atoms with Gasteiger partial charge in [-0.15, -0.1) is 0 Å². The summed E-state index contributed by atoms with van der Waals surface area (Å²) in [7, 11) is 0. The van der Waals surface area contributed by atoms with Crippen LogP contribution in [-0.4, -0.2) is 35.2 Å². The third-order valence-corrected chi connectivity index (χ3v) is 4.61. The summed E-state index contributed by atoms with van der Waals surface area (Å²) < 4.78 is 0. The van der Waals surface area contributed by atoms with Crippen LogP contribution in [-0.2, 0) is 6.42 Å². The Balaban J connectivity index is 1.88. The summed E-state index contributed by atoms with van der Waals surface area (Å²) in [5, 5.41) is 14.1. The maximum atomic E-state index is 9.64. The molecule has 2 rings (SSSR count). The maximum Gasteiger partial charge on any atom is 0.0527 e. The van der Waals surface area contributed by atoms with Gasteiger partial charge in [0.05, 0.1) is 6.10 Å². The Morgan fingerprint density at radius 2 is 2.33 bits per heavy atom. The van der Waals surface area contributed by atoms with Gasteiger partial charge in [-0.1, -0.05) is 12.8 Å². The minimum Gasteiger partial charge on any atom is -0.393 e. The zero-order chi connectivity index (χ0) is 12.8. The Morgan fingerprint density at radius 3 is 3.06 bits per heavy atom. The summed E-state index contributed by atoms with van der Waals surface area (Å²) in [4.78, 5) is 2.61. The molecule has 1 aliphatic heterocycles. The molecule has 1 aliphatic rings. The number of hydrogen-bond acceptors (Lipinski definition) is 3. The van der Waals surface area contributed by atoms with E-state index in [0.29, 0.717) is 6.04 Å². The maximum absolute atomic E-state index is 9.64. The Labute approximate surface area is 115 Å². The first-order valence-electron chi connectivity index (χ1n) is 7.19. The molecule has 1 fully saturated rings. The number of rotatable bonds is 5. The standard InChI is InChI=1S/C15H25NOS/c1-13(17)11-15-5-3-2-4-8-16(15)9-6-14-7-10-18-12-14/h7,10,12-13,15,17H,2-6,8-9,11H2,1H3. The molecule has 2 unspecified atom stereocenters. The van der Waals surface area contributed by atoms with E-state index in [9.17, 15) is 5.11 Å². The van der Waals surface area contributed by atoms with Crippen LogP contribution >= 0.6 is 11.3 Å². The second-order valence-electron chi connectivity index (χ2n) is 5.51. The Morgan fingerprint density at radius 1 is 1.44 bits per heavy atom. The van der Waals surface area contributed by atoms with Crippen molar-refractivity contribution in [1.82, 2.24) is 4.90 Å². The SMILES string of the molecule is CC(O)CC1CCCCCN1CCc1ccsc1. The van der Waals surface area contributed by atoms with Crippen molar-refractivity contribution in [1.29, 1.82) is 0 Å². The van der Waals surface area contributed by atoms with E-state index in [-0.39, 0.29) is 6.10 Å². The number of nitrogens with zero attached hydrogens (tertiary/aromatic N) is 1. The highest BCUT2D eigenvalue weighted by Gasteiger charge is 2.21. The molecule has 3 heteroatoms. The summed E-state index contributed by atoms with van der Waals surface area (Å²) in [6, 6.07) is 2.82. The van der Waals surface area contributed by atoms with Crippen LogP contribution in [0.15, 0.2) is 16.8 Å². The van der Waals surface area contributed by atoms with Gasteiger partial charge in [0.15, 0.2) is 0 Å². The lowest BCUT2D eigenvalue weighted by Crippen LogP contribution is -2.38. The summed E-state index contributed by atoms with van der Waals surface area (Å²) in [6.07, 6.45) is 7.17. The van der Waals surface area contributed by atoms with Crippen molar-refractivity contribution in [3.05, 3.63) is 22.4 Å². The Kier molecular flexibility index (Phi) is 5.67. The molecular weight excluding hydrogens is 242 g/mol. The lowest BCUT2D eigenvalue weighted by molar-refractivity contribution is 0.113. The molecule has 0 spiro atoms. The molecule has 2 atom stereocenters. The van der Waals surface area contributed by atoms with Crippen LogP contribution in [0.3, 0.4) is 0 Å². The summed E-state index contributed by atoms with van der Waals surface area (Å²) in [5.74, 6) is 0. The van der Waals surface area contributed by atoms with Crippen molar-refractivity contribution in [2.45, 2.75) is 57.6 Å². The van der Waals surface area contributed by atoms with Crippen molar-refractivity contribution in [2.24, 2.45) is 0 Å². The highest BCUT2D eigenvalue weighted by Crippen LogP contribution is 2.21. The largest absolute Gasteiger partial charge is 0.393 e. The van der Waals surface area contributed by atoms with Gasteiger partial charge >= 0.3 is 0 Å². The first-order chi connectivity index (χ1) is 8.75. The predicted octanol–water partition coefficient (Wildman–Crippen LogP) is 3.31. The van der Waals surface area contributed by atoms with E-state index in [4.69, 9.17) is 0 Å². The third kappa shape index (κ3) is 4.38. The van der Waals surface area contributed by atoms with Gasteiger partial charge in [0.25, 0.3) is 0 Å². The fourth-order valence-corrected chi connectivity index (χ4v) is 3.60. The van der Waals surface area contributed by atoms with Gasteiger partial charge in [-0.3, -0.25) is 4.90 Å². The van der Waals surface area contributed by atoms with Crippen LogP contribution < -0.4 is 0 Å². The van der Waals surface area contributed by atoms with Crippen LogP contribution in [0.5, 0.6) is 0 Å². The van der Waals surface area contributed by atoms with Crippen LogP contribution in [0.1, 0.15) is 44.6 Å². The normalized spacial score (nSPS) is 23.8. The first kappa shape index (κ1) is 14.0. The van der Waals surface area contributed by atoms with Crippen LogP contribution in [0.25, 0.3) is 0 Å². The summed E-state index contributed by atoms with van der Waals surface area (Å²) in [5.41, 5.74) is 1.46. The van der Waals surface area contributed by atoms with Crippen LogP contribution in [0, 0.1) is 0 Å². The molecule has 0 saturated carbocycles. The van der Waals surface area contributed by atoms with Gasteiger partial charge in [0, 0.05) is 12.6 Å². The van der Waals surface area contributed by atoms with E-state index in [1.807, 2.05) is 6.92 Å². The van der Waals surface area contributed by atoms with Crippen molar-refractivity contribution < 1.29 is 5.11 Å². The lowest BCUT2D eigenvalue weighted by atomic mass is 10.0. The van der Waals surface area contributed by atoms with Gasteiger partial charge in [-0.05, 0) is 61.5 Å². The number of thiophene rings is 1. The van der Waals surface area contributed by atoms with Crippen molar-refractivity contribution in [3.8, 4) is 0 Å². The molecule has 18 heavy (non-hydrogen) atoms. The monoisotopic (exact) mass is 267 g/mol. The van der Waals surface area contributed by atoms with Gasteiger partial charge < -0.3 is 5.11 Å².